The number of nitrogens with zero attached hydrogens (tertiary/aromatic N) is 1. The van der Waals surface area contributed by atoms with E-state index < -0.39 is 0 Å². The Morgan fingerprint density at radius 1 is 1.19 bits per heavy atom. The molecule has 4 nitrogen and oxygen atoms in total. The number of amides is 1. The maximum Gasteiger partial charge on any atom is 0.290 e. The quantitative estimate of drug-likeness (QED) is 0.692. The van der Waals surface area contributed by atoms with Crippen LogP contribution in [0.2, 0.25) is 0 Å². The van der Waals surface area contributed by atoms with Crippen LogP contribution >= 0.6 is 0 Å². The maximum absolute atomic E-state index is 12.2. The summed E-state index contributed by atoms with van der Waals surface area (Å²) >= 11 is 0. The highest BCUT2D eigenvalue weighted by Gasteiger charge is 2.21. The number of methoxy groups -OCH3 is 1. The molecule has 0 aliphatic carbocycles. The van der Waals surface area contributed by atoms with E-state index in [-0.39, 0.29) is 17.6 Å². The molecule has 0 radical (unpaired) electrons. The standard InChI is InChI=1S/C17H25NO3/c1-5-10-18(17(20)16(19)11-13(2)3)12-14-6-8-15(21-4)9-7-14/h6-9,13H,5,10-12H2,1-4H3. The SMILES string of the molecule is CCCN(Cc1ccc(OC)cc1)C(=O)C(=O)CC(C)C. The van der Waals surface area contributed by atoms with Crippen LogP contribution in [0, 0.1) is 5.92 Å². The van der Waals surface area contributed by atoms with Crippen molar-refractivity contribution in [2.45, 2.75) is 40.2 Å². The van der Waals surface area contributed by atoms with Gasteiger partial charge in [0.25, 0.3) is 5.91 Å². The lowest BCUT2D eigenvalue weighted by Crippen LogP contribution is -2.37. The van der Waals surface area contributed by atoms with Gasteiger partial charge in [0.15, 0.2) is 0 Å². The van der Waals surface area contributed by atoms with Gasteiger partial charge in [-0.1, -0.05) is 32.9 Å². The average molecular weight is 291 g/mol. The van der Waals surface area contributed by atoms with Gasteiger partial charge in [-0.3, -0.25) is 9.59 Å². The highest BCUT2D eigenvalue weighted by molar-refractivity contribution is 6.36. The van der Waals surface area contributed by atoms with Crippen LogP contribution in [0.15, 0.2) is 24.3 Å². The Balaban J connectivity index is 2.75. The van der Waals surface area contributed by atoms with E-state index in [1.165, 1.54) is 0 Å². The molecule has 0 bridgehead atoms. The second kappa shape index (κ2) is 8.45. The molecule has 0 N–H and O–H groups in total. The third-order valence-electron chi connectivity index (χ3n) is 3.15. The number of carbonyl (C=O) groups excluding carboxylic acids is 2. The minimum atomic E-state index is -0.374. The van der Waals surface area contributed by atoms with E-state index in [2.05, 4.69) is 0 Å². The van der Waals surface area contributed by atoms with E-state index in [1.54, 1.807) is 12.0 Å². The van der Waals surface area contributed by atoms with E-state index >= 15 is 0 Å². The third kappa shape index (κ3) is 5.58. The summed E-state index contributed by atoms with van der Waals surface area (Å²) in [7, 11) is 1.62. The summed E-state index contributed by atoms with van der Waals surface area (Å²) in [5, 5.41) is 0. The normalized spacial score (nSPS) is 10.5. The zero-order chi connectivity index (χ0) is 15.8. The van der Waals surface area contributed by atoms with Crippen molar-refractivity contribution in [2.24, 2.45) is 5.92 Å². The first-order valence-electron chi connectivity index (χ1n) is 7.43. The first-order valence-corrected chi connectivity index (χ1v) is 7.43. The fraction of sp³-hybridized carbons (Fsp3) is 0.529. The number of ketones is 1. The van der Waals surface area contributed by atoms with Gasteiger partial charge in [-0.05, 0) is 30.0 Å². The van der Waals surface area contributed by atoms with Crippen LogP contribution in [-0.2, 0) is 16.1 Å². The van der Waals surface area contributed by atoms with Crippen LogP contribution in [0.4, 0.5) is 0 Å². The molecule has 1 rings (SSSR count). The summed E-state index contributed by atoms with van der Waals surface area (Å²) < 4.78 is 5.12. The highest BCUT2D eigenvalue weighted by atomic mass is 16.5. The summed E-state index contributed by atoms with van der Waals surface area (Å²) in [5.74, 6) is 0.308. The van der Waals surface area contributed by atoms with Gasteiger partial charge in [-0.25, -0.2) is 0 Å². The molecule has 0 aromatic heterocycles. The highest BCUT2D eigenvalue weighted by Crippen LogP contribution is 2.14. The van der Waals surface area contributed by atoms with Crippen molar-refractivity contribution in [1.82, 2.24) is 4.90 Å². The monoisotopic (exact) mass is 291 g/mol. The number of Topliss-reactive ketones (excluding diaryl/α,β-unsaturated/α-hetero) is 1. The minimum Gasteiger partial charge on any atom is -0.497 e. The van der Waals surface area contributed by atoms with Gasteiger partial charge in [0.1, 0.15) is 5.75 Å². The van der Waals surface area contributed by atoms with Gasteiger partial charge >= 0.3 is 0 Å². The smallest absolute Gasteiger partial charge is 0.290 e. The maximum atomic E-state index is 12.2. The number of benzene rings is 1. The summed E-state index contributed by atoms with van der Waals surface area (Å²) in [6, 6.07) is 7.56. The van der Waals surface area contributed by atoms with E-state index in [4.69, 9.17) is 4.74 Å². The van der Waals surface area contributed by atoms with Crippen molar-refractivity contribution in [2.75, 3.05) is 13.7 Å². The second-order valence-electron chi connectivity index (χ2n) is 5.60. The molecule has 4 heteroatoms. The van der Waals surface area contributed by atoms with Gasteiger partial charge in [-0.2, -0.15) is 0 Å². The van der Waals surface area contributed by atoms with Gasteiger partial charge in [0, 0.05) is 19.5 Å². The van der Waals surface area contributed by atoms with Crippen molar-refractivity contribution >= 4 is 11.7 Å². The Labute approximate surface area is 127 Å². The summed E-state index contributed by atoms with van der Waals surface area (Å²) in [6.07, 6.45) is 1.14. The molecular formula is C17H25NO3. The predicted molar refractivity (Wildman–Crippen MR) is 83.2 cm³/mol. The van der Waals surface area contributed by atoms with Crippen molar-refractivity contribution in [3.8, 4) is 5.75 Å². The van der Waals surface area contributed by atoms with Crippen molar-refractivity contribution < 1.29 is 14.3 Å². The van der Waals surface area contributed by atoms with Crippen molar-refractivity contribution in [1.29, 1.82) is 0 Å². The number of hydrogen-bond donors (Lipinski definition) is 0. The van der Waals surface area contributed by atoms with Crippen LogP contribution in [0.25, 0.3) is 0 Å². The molecule has 1 amide bonds. The summed E-state index contributed by atoms with van der Waals surface area (Å²) in [5.41, 5.74) is 0.995. The zero-order valence-electron chi connectivity index (χ0n) is 13.4. The van der Waals surface area contributed by atoms with Gasteiger partial charge < -0.3 is 9.64 Å². The Hall–Kier alpha value is -1.84. The first-order chi connectivity index (χ1) is 9.97. The summed E-state index contributed by atoms with van der Waals surface area (Å²) in [4.78, 5) is 25.8. The molecule has 0 heterocycles. The van der Waals surface area contributed by atoms with Gasteiger partial charge in [0.05, 0.1) is 7.11 Å². The van der Waals surface area contributed by atoms with E-state index in [0.29, 0.717) is 19.5 Å². The topological polar surface area (TPSA) is 46.6 Å². The molecule has 116 valence electrons. The Morgan fingerprint density at radius 2 is 1.81 bits per heavy atom. The Morgan fingerprint density at radius 3 is 2.29 bits per heavy atom. The fourth-order valence-corrected chi connectivity index (χ4v) is 2.11. The molecule has 0 unspecified atom stereocenters. The number of rotatable bonds is 8. The van der Waals surface area contributed by atoms with Gasteiger partial charge in [-0.15, -0.1) is 0 Å². The van der Waals surface area contributed by atoms with Crippen LogP contribution < -0.4 is 4.74 Å². The molecular weight excluding hydrogens is 266 g/mol. The van der Waals surface area contributed by atoms with Crippen LogP contribution in [-0.4, -0.2) is 30.2 Å². The molecule has 0 fully saturated rings. The largest absolute Gasteiger partial charge is 0.497 e. The number of carbonyl (C=O) groups is 2. The van der Waals surface area contributed by atoms with Crippen molar-refractivity contribution in [3.63, 3.8) is 0 Å². The van der Waals surface area contributed by atoms with E-state index in [1.807, 2.05) is 45.0 Å². The van der Waals surface area contributed by atoms with Crippen LogP contribution in [0.3, 0.4) is 0 Å². The lowest BCUT2D eigenvalue weighted by molar-refractivity contribution is -0.145. The molecule has 1 aromatic rings. The average Bonchev–Trinajstić information content (AvgIpc) is 2.46. The lowest BCUT2D eigenvalue weighted by Gasteiger charge is -2.22. The van der Waals surface area contributed by atoms with Crippen LogP contribution in [0.5, 0.6) is 5.75 Å². The van der Waals surface area contributed by atoms with Crippen LogP contribution in [0.1, 0.15) is 39.2 Å². The zero-order valence-corrected chi connectivity index (χ0v) is 13.4. The molecule has 0 saturated heterocycles. The molecule has 1 aromatic carbocycles. The van der Waals surface area contributed by atoms with E-state index in [9.17, 15) is 9.59 Å². The number of hydrogen-bond acceptors (Lipinski definition) is 3. The van der Waals surface area contributed by atoms with Gasteiger partial charge in [0.2, 0.25) is 5.78 Å². The summed E-state index contributed by atoms with van der Waals surface area (Å²) in [6.45, 7) is 6.94. The molecule has 0 atom stereocenters. The molecule has 0 spiro atoms. The van der Waals surface area contributed by atoms with Crippen molar-refractivity contribution in [3.05, 3.63) is 29.8 Å². The molecule has 21 heavy (non-hydrogen) atoms. The van der Waals surface area contributed by atoms with E-state index in [0.717, 1.165) is 17.7 Å². The minimum absolute atomic E-state index is 0.200. The number of ether oxygens (including phenoxy) is 1. The molecule has 0 saturated carbocycles. The first kappa shape index (κ1) is 17.2. The second-order valence-corrected chi connectivity index (χ2v) is 5.60. The molecule has 0 aliphatic heterocycles. The Bertz CT molecular complexity index is 465. The Kier molecular flexibility index (Phi) is 6.92. The molecule has 0 aliphatic rings. The lowest BCUT2D eigenvalue weighted by atomic mass is 10.1. The third-order valence-corrected chi connectivity index (χ3v) is 3.15. The fourth-order valence-electron chi connectivity index (χ4n) is 2.11. The predicted octanol–water partition coefficient (Wildman–Crippen LogP) is 3.05.